The van der Waals surface area contributed by atoms with Gasteiger partial charge in [-0.15, -0.1) is 0 Å². The van der Waals surface area contributed by atoms with Crippen molar-refractivity contribution in [3.8, 4) is 0 Å². The third-order valence-corrected chi connectivity index (χ3v) is 3.63. The summed E-state index contributed by atoms with van der Waals surface area (Å²) in [5.74, 6) is 0. The molecule has 1 aliphatic carbocycles. The molecule has 0 unspecified atom stereocenters. The van der Waals surface area contributed by atoms with Gasteiger partial charge >= 0.3 is 0 Å². The third-order valence-electron chi connectivity index (χ3n) is 3.63. The van der Waals surface area contributed by atoms with Crippen molar-refractivity contribution in [1.82, 2.24) is 0 Å². The summed E-state index contributed by atoms with van der Waals surface area (Å²) in [6, 6.07) is 8.66. The highest BCUT2D eigenvalue weighted by Crippen LogP contribution is 2.46. The van der Waals surface area contributed by atoms with Gasteiger partial charge < -0.3 is 0 Å². The van der Waals surface area contributed by atoms with Crippen LogP contribution in [0.1, 0.15) is 31.9 Å². The zero-order valence-corrected chi connectivity index (χ0v) is 10.2. The number of hydrogen-bond acceptors (Lipinski definition) is 0. The molecule has 1 aromatic carbocycles. The van der Waals surface area contributed by atoms with Gasteiger partial charge in [-0.1, -0.05) is 68.5 Å². The van der Waals surface area contributed by atoms with Crippen LogP contribution in [-0.4, -0.2) is 0 Å². The highest BCUT2D eigenvalue weighted by atomic mass is 14.4. The van der Waals surface area contributed by atoms with Crippen LogP contribution in [0.5, 0.6) is 0 Å². The minimum absolute atomic E-state index is 0.150. The normalized spacial score (nSPS) is 17.9. The van der Waals surface area contributed by atoms with E-state index in [1.54, 1.807) is 0 Å². The van der Waals surface area contributed by atoms with Crippen LogP contribution in [0.2, 0.25) is 0 Å². The van der Waals surface area contributed by atoms with Crippen LogP contribution in [0.4, 0.5) is 0 Å². The molecule has 0 saturated heterocycles. The quantitative estimate of drug-likeness (QED) is 0.631. The van der Waals surface area contributed by atoms with Crippen LogP contribution in [0.25, 0.3) is 5.57 Å². The first kappa shape index (κ1) is 10.9. The maximum Gasteiger partial charge on any atom is 0.0118 e. The maximum absolute atomic E-state index is 3.73. The first-order valence-corrected chi connectivity index (χ1v) is 5.69. The zero-order chi connectivity index (χ0) is 11.8. The lowest BCUT2D eigenvalue weighted by Crippen LogP contribution is -2.15. The van der Waals surface area contributed by atoms with Crippen molar-refractivity contribution in [2.24, 2.45) is 0 Å². The Bertz CT molecular complexity index is 485. The predicted octanol–water partition coefficient (Wildman–Crippen LogP) is 4.49. The lowest BCUT2D eigenvalue weighted by Gasteiger charge is -2.21. The first-order chi connectivity index (χ1) is 7.59. The number of rotatable bonds is 2. The van der Waals surface area contributed by atoms with Crippen LogP contribution in [-0.2, 0) is 5.41 Å². The summed E-state index contributed by atoms with van der Waals surface area (Å²) in [4.78, 5) is 0. The van der Waals surface area contributed by atoms with Crippen molar-refractivity contribution in [3.05, 3.63) is 65.8 Å². The van der Waals surface area contributed by atoms with Crippen molar-refractivity contribution < 1.29 is 0 Å². The number of benzene rings is 1. The van der Waals surface area contributed by atoms with Gasteiger partial charge in [0.25, 0.3) is 0 Å². The van der Waals surface area contributed by atoms with E-state index in [0.29, 0.717) is 0 Å². The van der Waals surface area contributed by atoms with Gasteiger partial charge in [0, 0.05) is 5.41 Å². The van der Waals surface area contributed by atoms with Gasteiger partial charge in [-0.3, -0.25) is 0 Å². The molecule has 0 N–H and O–H groups in total. The van der Waals surface area contributed by atoms with E-state index in [4.69, 9.17) is 0 Å². The van der Waals surface area contributed by atoms with E-state index in [1.807, 2.05) is 12.2 Å². The Balaban J connectivity index is 2.64. The Kier molecular flexibility index (Phi) is 2.59. The first-order valence-electron chi connectivity index (χ1n) is 5.69. The second-order valence-corrected chi connectivity index (χ2v) is 4.80. The molecule has 0 heterocycles. The Hall–Kier alpha value is -1.56. The van der Waals surface area contributed by atoms with Crippen molar-refractivity contribution >= 4 is 5.57 Å². The van der Waals surface area contributed by atoms with E-state index in [9.17, 15) is 0 Å². The van der Waals surface area contributed by atoms with Gasteiger partial charge in [0.1, 0.15) is 0 Å². The molecule has 1 aromatic rings. The van der Waals surface area contributed by atoms with E-state index in [0.717, 1.165) is 0 Å². The second kappa shape index (κ2) is 3.79. The van der Waals surface area contributed by atoms with Crippen LogP contribution in [0, 0.1) is 0 Å². The van der Waals surface area contributed by atoms with Gasteiger partial charge in [0.05, 0.1) is 0 Å². The molecule has 1 aliphatic rings. The fourth-order valence-corrected chi connectivity index (χ4v) is 2.38. The standard InChI is InChI=1S/C16H18/c1-5-6-9-13-12(2)16(3,4)15-11-8-7-10-14(13)15/h5-11H,1H2,2-4H3/b9-6-. The van der Waals surface area contributed by atoms with Crippen LogP contribution < -0.4 is 0 Å². The summed E-state index contributed by atoms with van der Waals surface area (Å²) in [7, 11) is 0. The fraction of sp³-hybridized carbons (Fsp3) is 0.250. The smallest absolute Gasteiger partial charge is 0.0118 e. The topological polar surface area (TPSA) is 0 Å². The molecule has 0 heteroatoms. The molecule has 16 heavy (non-hydrogen) atoms. The highest BCUT2D eigenvalue weighted by molar-refractivity contribution is 5.85. The molecule has 0 saturated carbocycles. The van der Waals surface area contributed by atoms with Crippen molar-refractivity contribution in [2.45, 2.75) is 26.2 Å². The van der Waals surface area contributed by atoms with Gasteiger partial charge in [0.2, 0.25) is 0 Å². The molecule has 0 aliphatic heterocycles. The van der Waals surface area contributed by atoms with Gasteiger partial charge in [-0.2, -0.15) is 0 Å². The van der Waals surface area contributed by atoms with Crippen LogP contribution in [0.15, 0.2) is 54.6 Å². The Labute approximate surface area is 98.0 Å². The average molecular weight is 210 g/mol. The maximum atomic E-state index is 3.73. The molecule has 0 fully saturated rings. The van der Waals surface area contributed by atoms with Crippen LogP contribution in [0.3, 0.4) is 0 Å². The summed E-state index contributed by atoms with van der Waals surface area (Å²) in [6.07, 6.45) is 6.00. The fourth-order valence-electron chi connectivity index (χ4n) is 2.38. The van der Waals surface area contributed by atoms with Gasteiger partial charge in [0.15, 0.2) is 0 Å². The predicted molar refractivity (Wildman–Crippen MR) is 71.4 cm³/mol. The highest BCUT2D eigenvalue weighted by Gasteiger charge is 2.33. The summed E-state index contributed by atoms with van der Waals surface area (Å²) in [5, 5.41) is 0. The number of fused-ring (bicyclic) bond motifs is 1. The second-order valence-electron chi connectivity index (χ2n) is 4.80. The van der Waals surface area contributed by atoms with Gasteiger partial charge in [-0.05, 0) is 23.6 Å². The van der Waals surface area contributed by atoms with E-state index >= 15 is 0 Å². The SMILES string of the molecule is C=C/C=C\C1=C(C)C(C)(C)c2ccccc21. The van der Waals surface area contributed by atoms with Crippen molar-refractivity contribution in [2.75, 3.05) is 0 Å². The minimum Gasteiger partial charge on any atom is -0.0991 e. The Morgan fingerprint density at radius 1 is 1.19 bits per heavy atom. The lowest BCUT2D eigenvalue weighted by molar-refractivity contribution is 0.639. The van der Waals surface area contributed by atoms with Gasteiger partial charge in [-0.25, -0.2) is 0 Å². The molecule has 0 aromatic heterocycles. The summed E-state index contributed by atoms with van der Waals surface area (Å²) in [6.45, 7) is 10.5. The average Bonchev–Trinajstić information content (AvgIpc) is 2.47. The minimum atomic E-state index is 0.150. The molecule has 0 nitrogen and oxygen atoms in total. The van der Waals surface area contributed by atoms with E-state index in [1.165, 1.54) is 22.3 Å². The summed E-state index contributed by atoms with van der Waals surface area (Å²) >= 11 is 0. The number of hydrogen-bond donors (Lipinski definition) is 0. The Morgan fingerprint density at radius 2 is 1.88 bits per heavy atom. The molecular weight excluding hydrogens is 192 g/mol. The zero-order valence-electron chi connectivity index (χ0n) is 10.2. The summed E-state index contributed by atoms with van der Waals surface area (Å²) < 4.78 is 0. The van der Waals surface area contributed by atoms with E-state index in [-0.39, 0.29) is 5.41 Å². The largest absolute Gasteiger partial charge is 0.0991 e. The Morgan fingerprint density at radius 3 is 2.56 bits per heavy atom. The third kappa shape index (κ3) is 1.46. The molecule has 2 rings (SSSR count). The molecule has 0 radical (unpaired) electrons. The van der Waals surface area contributed by atoms with Crippen molar-refractivity contribution in [3.63, 3.8) is 0 Å². The molecular formula is C16H18. The molecule has 82 valence electrons. The monoisotopic (exact) mass is 210 g/mol. The van der Waals surface area contributed by atoms with Crippen LogP contribution >= 0.6 is 0 Å². The van der Waals surface area contributed by atoms with E-state index in [2.05, 4.69) is 57.7 Å². The van der Waals surface area contributed by atoms with Crippen molar-refractivity contribution in [1.29, 1.82) is 0 Å². The lowest BCUT2D eigenvalue weighted by atomic mass is 9.82. The van der Waals surface area contributed by atoms with E-state index < -0.39 is 0 Å². The molecule has 0 bridgehead atoms. The molecule has 0 amide bonds. The molecule has 0 spiro atoms. The molecule has 0 atom stereocenters. The number of allylic oxidation sites excluding steroid dienone is 5. The summed E-state index contributed by atoms with van der Waals surface area (Å²) in [5.41, 5.74) is 5.73.